The highest BCUT2D eigenvalue weighted by atomic mass is 32.1. The predicted molar refractivity (Wildman–Crippen MR) is 89.1 cm³/mol. The number of para-hydroxylation sites is 1. The van der Waals surface area contributed by atoms with Gasteiger partial charge in [0.05, 0.1) is 18.3 Å². The molecule has 0 aliphatic heterocycles. The molecule has 4 aromatic rings. The highest BCUT2D eigenvalue weighted by molar-refractivity contribution is 7.11. The first-order valence-corrected chi connectivity index (χ1v) is 8.20. The predicted octanol–water partition coefficient (Wildman–Crippen LogP) is 2.96. The normalized spacial score (nSPS) is 11.2. The van der Waals surface area contributed by atoms with Gasteiger partial charge in [-0.15, -0.1) is 15.3 Å². The van der Waals surface area contributed by atoms with Crippen LogP contribution in [-0.2, 0) is 13.0 Å². The lowest BCUT2D eigenvalue weighted by molar-refractivity contribution is 0.642. The van der Waals surface area contributed by atoms with Crippen molar-refractivity contribution in [2.24, 2.45) is 0 Å². The van der Waals surface area contributed by atoms with Crippen LogP contribution in [-0.4, -0.2) is 30.2 Å². The molecule has 4 rings (SSSR count). The van der Waals surface area contributed by atoms with Gasteiger partial charge in [-0.05, 0) is 18.6 Å². The van der Waals surface area contributed by atoms with Gasteiger partial charge in [0.1, 0.15) is 15.7 Å². The van der Waals surface area contributed by atoms with E-state index in [9.17, 15) is 0 Å². The van der Waals surface area contributed by atoms with Crippen molar-refractivity contribution in [2.45, 2.75) is 19.9 Å². The van der Waals surface area contributed by atoms with E-state index in [0.717, 1.165) is 38.6 Å². The average Bonchev–Trinajstić information content (AvgIpc) is 3.24. The van der Waals surface area contributed by atoms with Crippen LogP contribution in [0, 0.1) is 0 Å². The minimum absolute atomic E-state index is 0.591. The van der Waals surface area contributed by atoms with Crippen molar-refractivity contribution in [1.29, 1.82) is 0 Å². The Labute approximate surface area is 136 Å². The number of pyridine rings is 1. The molecule has 7 heteroatoms. The van der Waals surface area contributed by atoms with E-state index in [1.807, 2.05) is 30.5 Å². The largest absolute Gasteiger partial charge is 0.256 e. The summed E-state index contributed by atoms with van der Waals surface area (Å²) in [6.45, 7) is 2.67. The number of aromatic nitrogens is 6. The molecule has 23 heavy (non-hydrogen) atoms. The van der Waals surface area contributed by atoms with E-state index in [1.54, 1.807) is 22.2 Å². The first kappa shape index (κ1) is 14.0. The standard InChI is InChI=1S/C16H14N6S/c1-2-15-19-20-16(23-15)10-22-9-14(18-21-22)12-7-8-17-13-6-4-3-5-11(12)13/h3-9H,2,10H2,1H3. The van der Waals surface area contributed by atoms with Crippen molar-refractivity contribution in [3.63, 3.8) is 0 Å². The van der Waals surface area contributed by atoms with Crippen LogP contribution < -0.4 is 0 Å². The Hall–Kier alpha value is -2.67. The van der Waals surface area contributed by atoms with E-state index in [1.165, 1.54) is 0 Å². The molecular weight excluding hydrogens is 308 g/mol. The molecule has 0 aliphatic carbocycles. The number of fused-ring (bicyclic) bond motifs is 1. The molecule has 114 valence electrons. The van der Waals surface area contributed by atoms with Crippen LogP contribution in [0.4, 0.5) is 0 Å². The average molecular weight is 322 g/mol. The fraction of sp³-hybridized carbons (Fsp3) is 0.188. The van der Waals surface area contributed by atoms with Gasteiger partial charge in [0.15, 0.2) is 0 Å². The molecule has 0 saturated carbocycles. The minimum Gasteiger partial charge on any atom is -0.256 e. The molecule has 6 nitrogen and oxygen atoms in total. The van der Waals surface area contributed by atoms with Crippen molar-refractivity contribution in [1.82, 2.24) is 30.2 Å². The van der Waals surface area contributed by atoms with Crippen molar-refractivity contribution < 1.29 is 0 Å². The summed E-state index contributed by atoms with van der Waals surface area (Å²) >= 11 is 1.61. The Balaban J connectivity index is 1.67. The quantitative estimate of drug-likeness (QED) is 0.578. The van der Waals surface area contributed by atoms with E-state index < -0.39 is 0 Å². The number of hydrogen-bond acceptors (Lipinski definition) is 6. The summed E-state index contributed by atoms with van der Waals surface area (Å²) in [5.74, 6) is 0. The van der Waals surface area contributed by atoms with Gasteiger partial charge in [-0.1, -0.05) is 41.7 Å². The van der Waals surface area contributed by atoms with Gasteiger partial charge >= 0.3 is 0 Å². The lowest BCUT2D eigenvalue weighted by atomic mass is 10.1. The van der Waals surface area contributed by atoms with Gasteiger partial charge in [-0.25, -0.2) is 4.68 Å². The molecule has 0 atom stereocenters. The van der Waals surface area contributed by atoms with Crippen molar-refractivity contribution in [3.8, 4) is 11.3 Å². The van der Waals surface area contributed by atoms with E-state index in [4.69, 9.17) is 0 Å². The molecule has 0 amide bonds. The third kappa shape index (κ3) is 2.70. The van der Waals surface area contributed by atoms with Gasteiger partial charge in [0.25, 0.3) is 0 Å². The molecule has 0 spiro atoms. The van der Waals surface area contributed by atoms with E-state index in [0.29, 0.717) is 6.54 Å². The van der Waals surface area contributed by atoms with Crippen LogP contribution in [0.2, 0.25) is 0 Å². The fourth-order valence-corrected chi connectivity index (χ4v) is 3.23. The lowest BCUT2D eigenvalue weighted by Crippen LogP contribution is -1.99. The van der Waals surface area contributed by atoms with Crippen molar-refractivity contribution >= 4 is 22.2 Å². The second-order valence-electron chi connectivity index (χ2n) is 5.12. The monoisotopic (exact) mass is 322 g/mol. The van der Waals surface area contributed by atoms with E-state index in [-0.39, 0.29) is 0 Å². The number of hydrogen-bond donors (Lipinski definition) is 0. The molecule has 0 aliphatic rings. The van der Waals surface area contributed by atoms with E-state index in [2.05, 4.69) is 38.5 Å². The zero-order chi connectivity index (χ0) is 15.6. The number of aryl methyl sites for hydroxylation is 1. The Morgan fingerprint density at radius 2 is 1.91 bits per heavy atom. The molecule has 0 radical (unpaired) electrons. The molecule has 0 unspecified atom stereocenters. The summed E-state index contributed by atoms with van der Waals surface area (Å²) in [4.78, 5) is 4.38. The van der Waals surface area contributed by atoms with Crippen molar-refractivity contribution in [2.75, 3.05) is 0 Å². The maximum Gasteiger partial charge on any atom is 0.139 e. The molecule has 0 fully saturated rings. The zero-order valence-electron chi connectivity index (χ0n) is 12.5. The Kier molecular flexibility index (Phi) is 3.55. The SMILES string of the molecule is CCc1nnc(Cn2cc(-c3ccnc4ccccc34)nn2)s1. The van der Waals surface area contributed by atoms with Crippen LogP contribution in [0.15, 0.2) is 42.7 Å². The second-order valence-corrected chi connectivity index (χ2v) is 6.27. The van der Waals surface area contributed by atoms with E-state index >= 15 is 0 Å². The Morgan fingerprint density at radius 1 is 1.04 bits per heavy atom. The molecule has 3 aromatic heterocycles. The number of nitrogens with zero attached hydrogens (tertiary/aromatic N) is 6. The zero-order valence-corrected chi connectivity index (χ0v) is 13.4. The minimum atomic E-state index is 0.591. The van der Waals surface area contributed by atoms with Crippen LogP contribution in [0.25, 0.3) is 22.2 Å². The summed E-state index contributed by atoms with van der Waals surface area (Å²) in [5, 5.41) is 19.9. The summed E-state index contributed by atoms with van der Waals surface area (Å²) in [6.07, 6.45) is 4.65. The molecule has 0 bridgehead atoms. The Bertz CT molecular complexity index is 953. The van der Waals surface area contributed by atoms with Gasteiger partial charge < -0.3 is 0 Å². The first-order valence-electron chi connectivity index (χ1n) is 7.39. The maximum atomic E-state index is 4.38. The van der Waals surface area contributed by atoms with Crippen molar-refractivity contribution in [3.05, 3.63) is 52.7 Å². The molecule has 1 aromatic carbocycles. The highest BCUT2D eigenvalue weighted by Gasteiger charge is 2.10. The molecule has 0 N–H and O–H groups in total. The smallest absolute Gasteiger partial charge is 0.139 e. The molecule has 3 heterocycles. The number of rotatable bonds is 4. The summed E-state index contributed by atoms with van der Waals surface area (Å²) in [7, 11) is 0. The fourth-order valence-electron chi connectivity index (χ4n) is 2.45. The first-order chi connectivity index (χ1) is 11.3. The van der Waals surface area contributed by atoms with Gasteiger partial charge in [-0.2, -0.15) is 0 Å². The Morgan fingerprint density at radius 3 is 2.78 bits per heavy atom. The highest BCUT2D eigenvalue weighted by Crippen LogP contribution is 2.25. The summed E-state index contributed by atoms with van der Waals surface area (Å²) < 4.78 is 1.80. The third-order valence-corrected chi connectivity index (χ3v) is 4.62. The van der Waals surface area contributed by atoms with Crippen LogP contribution in [0.5, 0.6) is 0 Å². The van der Waals surface area contributed by atoms with Crippen LogP contribution in [0.3, 0.4) is 0 Å². The molecule has 0 saturated heterocycles. The third-order valence-electron chi connectivity index (χ3n) is 3.57. The van der Waals surface area contributed by atoms with Gasteiger partial charge in [-0.3, -0.25) is 4.98 Å². The second kappa shape index (κ2) is 5.85. The van der Waals surface area contributed by atoms with Gasteiger partial charge in [0.2, 0.25) is 0 Å². The summed E-state index contributed by atoms with van der Waals surface area (Å²) in [6, 6.07) is 10.0. The number of benzene rings is 1. The summed E-state index contributed by atoms with van der Waals surface area (Å²) in [5.41, 5.74) is 2.83. The van der Waals surface area contributed by atoms with Crippen LogP contribution >= 0.6 is 11.3 Å². The van der Waals surface area contributed by atoms with Crippen LogP contribution in [0.1, 0.15) is 16.9 Å². The topological polar surface area (TPSA) is 69.4 Å². The lowest BCUT2D eigenvalue weighted by Gasteiger charge is -2.01. The molecular formula is C16H14N6S. The maximum absolute atomic E-state index is 4.38. The van der Waals surface area contributed by atoms with Gasteiger partial charge in [0, 0.05) is 17.1 Å².